The predicted octanol–water partition coefficient (Wildman–Crippen LogP) is 2.52. The number of phenolic OH excluding ortho intramolecular Hbond substituents is 1. The summed E-state index contributed by atoms with van der Waals surface area (Å²) in [5.41, 5.74) is 4.75. The molecular weight excluding hydrogens is 318 g/mol. The first-order valence-corrected chi connectivity index (χ1v) is 7.64. The molecule has 0 radical (unpaired) electrons. The van der Waals surface area contributed by atoms with Crippen LogP contribution in [-0.4, -0.2) is 23.1 Å². The van der Waals surface area contributed by atoms with Crippen LogP contribution < -0.4 is 10.7 Å². The normalized spacial score (nSPS) is 10.4. The lowest BCUT2D eigenvalue weighted by molar-refractivity contribution is -0.136. The zero-order valence-electron chi connectivity index (χ0n) is 13.8. The van der Waals surface area contributed by atoms with Gasteiger partial charge in [-0.25, -0.2) is 5.43 Å². The zero-order chi connectivity index (χ0) is 18.2. The summed E-state index contributed by atoms with van der Waals surface area (Å²) in [6, 6.07) is 12.3. The molecule has 0 fully saturated rings. The minimum absolute atomic E-state index is 0.0598. The number of para-hydroxylation sites is 1. The number of hydrazone groups is 1. The minimum atomic E-state index is -0.903. The molecule has 25 heavy (non-hydrogen) atoms. The Labute approximate surface area is 145 Å². The number of aromatic hydroxyl groups is 1. The molecule has 2 amide bonds. The number of anilines is 1. The summed E-state index contributed by atoms with van der Waals surface area (Å²) in [7, 11) is 0. The van der Waals surface area contributed by atoms with Crippen molar-refractivity contribution in [3.05, 3.63) is 71.8 Å². The molecule has 6 nitrogen and oxygen atoms in total. The van der Waals surface area contributed by atoms with Crippen molar-refractivity contribution in [2.24, 2.45) is 5.10 Å². The standard InChI is InChI=1S/C19H19N3O3/c1-3-6-14-8-5-9-15(17(14)23)12-20-22-19(25)18(24)21-16-10-4-7-13(2)11-16/h3-5,7-12,23H,1,6H2,2H3,(H,21,24)(H,22,25). The van der Waals surface area contributed by atoms with Gasteiger partial charge in [-0.3, -0.25) is 9.59 Å². The molecule has 0 bridgehead atoms. The summed E-state index contributed by atoms with van der Waals surface area (Å²) < 4.78 is 0. The van der Waals surface area contributed by atoms with Gasteiger partial charge in [-0.2, -0.15) is 5.10 Å². The fraction of sp³-hybridized carbons (Fsp3) is 0.105. The molecule has 2 aromatic carbocycles. The van der Waals surface area contributed by atoms with Crippen LogP contribution in [-0.2, 0) is 16.0 Å². The molecule has 0 heterocycles. The molecule has 0 aliphatic heterocycles. The summed E-state index contributed by atoms with van der Waals surface area (Å²) in [4.78, 5) is 23.6. The quantitative estimate of drug-likeness (QED) is 0.339. The Morgan fingerprint density at radius 1 is 1.20 bits per heavy atom. The summed E-state index contributed by atoms with van der Waals surface area (Å²) in [5, 5.41) is 16.3. The van der Waals surface area contributed by atoms with Crippen molar-refractivity contribution in [2.75, 3.05) is 5.32 Å². The molecule has 2 aromatic rings. The lowest BCUT2D eigenvalue weighted by Crippen LogP contribution is -2.32. The van der Waals surface area contributed by atoms with Crippen LogP contribution in [0.5, 0.6) is 5.75 Å². The van der Waals surface area contributed by atoms with Crippen molar-refractivity contribution >= 4 is 23.7 Å². The second kappa shape index (κ2) is 8.44. The monoisotopic (exact) mass is 337 g/mol. The number of rotatable bonds is 5. The van der Waals surface area contributed by atoms with Crippen LogP contribution in [0.1, 0.15) is 16.7 Å². The fourth-order valence-electron chi connectivity index (χ4n) is 2.16. The number of benzene rings is 2. The number of allylic oxidation sites excluding steroid dienone is 1. The van der Waals surface area contributed by atoms with Gasteiger partial charge in [0.05, 0.1) is 6.21 Å². The van der Waals surface area contributed by atoms with E-state index in [9.17, 15) is 14.7 Å². The average molecular weight is 337 g/mol. The van der Waals surface area contributed by atoms with Gasteiger partial charge in [0, 0.05) is 11.3 Å². The van der Waals surface area contributed by atoms with E-state index in [0.717, 1.165) is 5.56 Å². The van der Waals surface area contributed by atoms with Crippen LogP contribution in [0.4, 0.5) is 5.69 Å². The van der Waals surface area contributed by atoms with Crippen LogP contribution in [0.3, 0.4) is 0 Å². The van der Waals surface area contributed by atoms with Crippen LogP contribution in [0.25, 0.3) is 0 Å². The third-order valence-corrected chi connectivity index (χ3v) is 3.37. The Morgan fingerprint density at radius 2 is 1.96 bits per heavy atom. The Hall–Kier alpha value is -3.41. The maximum Gasteiger partial charge on any atom is 0.329 e. The van der Waals surface area contributed by atoms with Crippen LogP contribution in [0.15, 0.2) is 60.2 Å². The van der Waals surface area contributed by atoms with Crippen molar-refractivity contribution < 1.29 is 14.7 Å². The molecule has 0 aliphatic carbocycles. The Bertz CT molecular complexity index is 828. The third kappa shape index (κ3) is 5.04. The molecule has 2 rings (SSSR count). The molecule has 128 valence electrons. The Morgan fingerprint density at radius 3 is 2.68 bits per heavy atom. The molecule has 3 N–H and O–H groups in total. The highest BCUT2D eigenvalue weighted by atomic mass is 16.3. The molecule has 6 heteroatoms. The number of hydrogen-bond acceptors (Lipinski definition) is 4. The summed E-state index contributed by atoms with van der Waals surface area (Å²) >= 11 is 0. The van der Waals surface area contributed by atoms with Crippen molar-refractivity contribution in [2.45, 2.75) is 13.3 Å². The zero-order valence-corrected chi connectivity index (χ0v) is 13.8. The van der Waals surface area contributed by atoms with Gasteiger partial charge in [0.25, 0.3) is 0 Å². The smallest absolute Gasteiger partial charge is 0.329 e. The lowest BCUT2D eigenvalue weighted by Gasteiger charge is -2.05. The van der Waals surface area contributed by atoms with Crippen molar-refractivity contribution in [3.63, 3.8) is 0 Å². The Kier molecular flexibility index (Phi) is 6.06. The highest BCUT2D eigenvalue weighted by Gasteiger charge is 2.13. The third-order valence-electron chi connectivity index (χ3n) is 3.37. The number of aryl methyl sites for hydroxylation is 1. The molecule has 0 atom stereocenters. The van der Waals surface area contributed by atoms with Gasteiger partial charge in [0.15, 0.2) is 0 Å². The van der Waals surface area contributed by atoms with Gasteiger partial charge < -0.3 is 10.4 Å². The predicted molar refractivity (Wildman–Crippen MR) is 97.6 cm³/mol. The van der Waals surface area contributed by atoms with Crippen LogP contribution in [0, 0.1) is 6.92 Å². The highest BCUT2D eigenvalue weighted by Crippen LogP contribution is 2.21. The maximum atomic E-state index is 11.8. The van der Waals surface area contributed by atoms with Crippen LogP contribution in [0.2, 0.25) is 0 Å². The fourth-order valence-corrected chi connectivity index (χ4v) is 2.16. The molecule has 0 saturated heterocycles. The molecular formula is C19H19N3O3. The van der Waals surface area contributed by atoms with Crippen LogP contribution >= 0.6 is 0 Å². The molecule has 0 aliphatic rings. The number of amides is 2. The molecule has 0 spiro atoms. The van der Waals surface area contributed by atoms with Crippen molar-refractivity contribution in [1.82, 2.24) is 5.43 Å². The van der Waals surface area contributed by atoms with Gasteiger partial charge in [0.2, 0.25) is 0 Å². The first-order valence-electron chi connectivity index (χ1n) is 7.64. The number of nitrogens with one attached hydrogen (secondary N) is 2. The largest absolute Gasteiger partial charge is 0.507 e. The topological polar surface area (TPSA) is 90.8 Å². The van der Waals surface area contributed by atoms with E-state index in [1.54, 1.807) is 42.5 Å². The van der Waals surface area contributed by atoms with E-state index < -0.39 is 11.8 Å². The van der Waals surface area contributed by atoms with E-state index in [0.29, 0.717) is 23.2 Å². The second-order valence-corrected chi connectivity index (χ2v) is 5.37. The second-order valence-electron chi connectivity index (χ2n) is 5.37. The van der Waals surface area contributed by atoms with Gasteiger partial charge in [-0.1, -0.05) is 30.3 Å². The van der Waals surface area contributed by atoms with Gasteiger partial charge >= 0.3 is 11.8 Å². The van der Waals surface area contributed by atoms with Crippen molar-refractivity contribution in [1.29, 1.82) is 0 Å². The Balaban J connectivity index is 1.97. The van der Waals surface area contributed by atoms with Gasteiger partial charge in [-0.05, 0) is 42.7 Å². The van der Waals surface area contributed by atoms with E-state index in [2.05, 4.69) is 22.4 Å². The highest BCUT2D eigenvalue weighted by molar-refractivity contribution is 6.39. The number of phenols is 1. The first-order chi connectivity index (χ1) is 12.0. The summed E-state index contributed by atoms with van der Waals surface area (Å²) in [6.07, 6.45) is 3.46. The number of hydrogen-bond donors (Lipinski definition) is 3. The maximum absolute atomic E-state index is 11.8. The molecule has 0 aromatic heterocycles. The summed E-state index contributed by atoms with van der Waals surface area (Å²) in [6.45, 7) is 5.51. The average Bonchev–Trinajstić information content (AvgIpc) is 2.58. The first kappa shape index (κ1) is 17.9. The van der Waals surface area contributed by atoms with Gasteiger partial charge in [0.1, 0.15) is 5.75 Å². The van der Waals surface area contributed by atoms with Crippen molar-refractivity contribution in [3.8, 4) is 5.75 Å². The lowest BCUT2D eigenvalue weighted by atomic mass is 10.1. The van der Waals surface area contributed by atoms with E-state index in [1.165, 1.54) is 6.21 Å². The van der Waals surface area contributed by atoms with E-state index in [4.69, 9.17) is 0 Å². The SMILES string of the molecule is C=CCc1cccc(C=NNC(=O)C(=O)Nc2cccc(C)c2)c1O. The number of nitrogens with zero attached hydrogens (tertiary/aromatic N) is 1. The number of carbonyl (C=O) groups excluding carboxylic acids is 2. The molecule has 0 saturated carbocycles. The molecule has 0 unspecified atom stereocenters. The number of carbonyl (C=O) groups is 2. The minimum Gasteiger partial charge on any atom is -0.507 e. The summed E-state index contributed by atoms with van der Waals surface area (Å²) in [5.74, 6) is -1.67. The van der Waals surface area contributed by atoms with E-state index >= 15 is 0 Å². The van der Waals surface area contributed by atoms with E-state index in [-0.39, 0.29) is 5.75 Å². The van der Waals surface area contributed by atoms with Gasteiger partial charge in [-0.15, -0.1) is 6.58 Å². The van der Waals surface area contributed by atoms with E-state index in [1.807, 2.05) is 13.0 Å².